The van der Waals surface area contributed by atoms with E-state index in [0.717, 1.165) is 30.0 Å². The van der Waals surface area contributed by atoms with Crippen LogP contribution >= 0.6 is 11.8 Å². The summed E-state index contributed by atoms with van der Waals surface area (Å²) in [5.41, 5.74) is 1.88. The first-order valence-corrected chi connectivity index (χ1v) is 7.88. The van der Waals surface area contributed by atoms with Crippen molar-refractivity contribution in [3.05, 3.63) is 40.1 Å². The number of rotatable bonds is 5. The maximum Gasteiger partial charge on any atom is 0.251 e. The van der Waals surface area contributed by atoms with Crippen LogP contribution in [0, 0.1) is 0 Å². The van der Waals surface area contributed by atoms with Crippen molar-refractivity contribution in [3.8, 4) is 0 Å². The third kappa shape index (κ3) is 3.12. The number of nitrogens with zero attached hydrogens (tertiary/aromatic N) is 3. The highest BCUT2D eigenvalue weighted by Gasteiger charge is 2.25. The van der Waals surface area contributed by atoms with Crippen LogP contribution in [0.2, 0.25) is 0 Å². The predicted octanol–water partition coefficient (Wildman–Crippen LogP) is 2.72. The molecular formula is C14H18N4OS. The van der Waals surface area contributed by atoms with E-state index in [9.17, 15) is 4.79 Å². The lowest BCUT2D eigenvalue weighted by atomic mass is 10.3. The molecule has 1 aliphatic rings. The Morgan fingerprint density at radius 1 is 1.50 bits per heavy atom. The number of hydrogen-bond acceptors (Lipinski definition) is 4. The molecule has 20 heavy (non-hydrogen) atoms. The zero-order chi connectivity index (χ0) is 14.1. The molecule has 1 N–H and O–H groups in total. The molecule has 2 aromatic heterocycles. The molecule has 0 radical (unpaired) electrons. The standard InChI is InChI=1S/C14H18N4OS/c1-9(2)18-6-5-11(17-18)8-20-14-15-12(10-3-4-10)7-13(19)16-14/h5-7,9-10H,3-4,8H2,1-2H3,(H,15,16,19). The highest BCUT2D eigenvalue weighted by Crippen LogP contribution is 2.38. The molecule has 1 aliphatic carbocycles. The summed E-state index contributed by atoms with van der Waals surface area (Å²) in [6.07, 6.45) is 4.29. The number of hydrogen-bond donors (Lipinski definition) is 1. The molecule has 0 aliphatic heterocycles. The van der Waals surface area contributed by atoms with Gasteiger partial charge < -0.3 is 4.98 Å². The number of aromatic amines is 1. The van der Waals surface area contributed by atoms with Crippen molar-refractivity contribution in [2.45, 2.75) is 49.6 Å². The molecule has 3 rings (SSSR count). The first-order valence-electron chi connectivity index (χ1n) is 6.90. The first kappa shape index (κ1) is 13.4. The van der Waals surface area contributed by atoms with Gasteiger partial charge in [-0.1, -0.05) is 11.8 Å². The van der Waals surface area contributed by atoms with Gasteiger partial charge >= 0.3 is 0 Å². The van der Waals surface area contributed by atoms with Gasteiger partial charge in [0.15, 0.2) is 5.16 Å². The van der Waals surface area contributed by atoms with Gasteiger partial charge in [0.05, 0.1) is 11.4 Å². The molecular weight excluding hydrogens is 272 g/mol. The van der Waals surface area contributed by atoms with Crippen LogP contribution in [0.15, 0.2) is 28.3 Å². The second-order valence-electron chi connectivity index (χ2n) is 5.42. The van der Waals surface area contributed by atoms with Crippen LogP contribution in [0.25, 0.3) is 0 Å². The van der Waals surface area contributed by atoms with Crippen molar-refractivity contribution < 1.29 is 0 Å². The van der Waals surface area contributed by atoms with Crippen molar-refractivity contribution in [2.75, 3.05) is 0 Å². The molecule has 1 fully saturated rings. The lowest BCUT2D eigenvalue weighted by molar-refractivity contribution is 0.528. The Bertz CT molecular complexity index is 657. The highest BCUT2D eigenvalue weighted by atomic mass is 32.2. The lowest BCUT2D eigenvalue weighted by Crippen LogP contribution is -2.09. The normalized spacial score (nSPS) is 14.9. The maximum atomic E-state index is 11.6. The summed E-state index contributed by atoms with van der Waals surface area (Å²) in [5.74, 6) is 1.22. The van der Waals surface area contributed by atoms with Crippen LogP contribution in [0.4, 0.5) is 0 Å². The van der Waals surface area contributed by atoms with Crippen molar-refractivity contribution in [3.63, 3.8) is 0 Å². The van der Waals surface area contributed by atoms with Crippen LogP contribution in [0.5, 0.6) is 0 Å². The number of aromatic nitrogens is 4. The minimum Gasteiger partial charge on any atom is -0.301 e. The van der Waals surface area contributed by atoms with Crippen LogP contribution < -0.4 is 5.56 Å². The fourth-order valence-corrected chi connectivity index (χ4v) is 2.78. The number of nitrogens with one attached hydrogen (secondary N) is 1. The minimum atomic E-state index is -0.0582. The average Bonchev–Trinajstić information content (AvgIpc) is 3.14. The molecule has 0 saturated heterocycles. The van der Waals surface area contributed by atoms with Gasteiger partial charge in [0.25, 0.3) is 5.56 Å². The molecule has 0 bridgehead atoms. The van der Waals surface area contributed by atoms with Gasteiger partial charge in [-0.15, -0.1) is 0 Å². The summed E-state index contributed by atoms with van der Waals surface area (Å²) in [7, 11) is 0. The Labute approximate surface area is 121 Å². The zero-order valence-electron chi connectivity index (χ0n) is 11.7. The van der Waals surface area contributed by atoms with E-state index in [0.29, 0.717) is 17.1 Å². The van der Waals surface area contributed by atoms with E-state index in [1.165, 1.54) is 11.8 Å². The fourth-order valence-electron chi connectivity index (χ4n) is 1.99. The average molecular weight is 290 g/mol. The molecule has 2 heterocycles. The van der Waals surface area contributed by atoms with E-state index < -0.39 is 0 Å². The smallest absolute Gasteiger partial charge is 0.251 e. The maximum absolute atomic E-state index is 11.6. The molecule has 6 heteroatoms. The van der Waals surface area contributed by atoms with E-state index in [1.807, 2.05) is 16.9 Å². The van der Waals surface area contributed by atoms with Crippen molar-refractivity contribution in [2.24, 2.45) is 0 Å². The summed E-state index contributed by atoms with van der Waals surface area (Å²) in [6, 6.07) is 4.00. The molecule has 0 amide bonds. The second kappa shape index (κ2) is 5.44. The van der Waals surface area contributed by atoms with Gasteiger partial charge in [0.1, 0.15) is 0 Å². The van der Waals surface area contributed by atoms with Crippen molar-refractivity contribution in [1.29, 1.82) is 0 Å². The summed E-state index contributed by atoms with van der Waals surface area (Å²) in [4.78, 5) is 18.9. The van der Waals surface area contributed by atoms with Crippen LogP contribution in [0.3, 0.4) is 0 Å². The highest BCUT2D eigenvalue weighted by molar-refractivity contribution is 7.98. The quantitative estimate of drug-likeness (QED) is 0.679. The first-order chi connectivity index (χ1) is 9.61. The van der Waals surface area contributed by atoms with Gasteiger partial charge in [-0.05, 0) is 32.8 Å². The van der Waals surface area contributed by atoms with E-state index in [1.54, 1.807) is 6.07 Å². The summed E-state index contributed by atoms with van der Waals surface area (Å²) < 4.78 is 1.94. The van der Waals surface area contributed by atoms with Gasteiger partial charge in [0, 0.05) is 30.0 Å². The van der Waals surface area contributed by atoms with E-state index in [4.69, 9.17) is 0 Å². The Balaban J connectivity index is 1.69. The van der Waals surface area contributed by atoms with Crippen LogP contribution in [-0.4, -0.2) is 19.7 Å². The summed E-state index contributed by atoms with van der Waals surface area (Å²) in [6.45, 7) is 4.20. The molecule has 0 spiro atoms. The molecule has 1 saturated carbocycles. The van der Waals surface area contributed by atoms with Gasteiger partial charge in [-0.3, -0.25) is 9.48 Å². The molecule has 0 aromatic carbocycles. The van der Waals surface area contributed by atoms with Crippen molar-refractivity contribution >= 4 is 11.8 Å². The Morgan fingerprint density at radius 2 is 2.30 bits per heavy atom. The SMILES string of the molecule is CC(C)n1ccc(CSc2nc(C3CC3)cc(=O)[nH]2)n1. The Kier molecular flexibility index (Phi) is 3.65. The van der Waals surface area contributed by atoms with Crippen molar-refractivity contribution in [1.82, 2.24) is 19.7 Å². The molecule has 106 valence electrons. The fraction of sp³-hybridized carbons (Fsp3) is 0.500. The number of thioether (sulfide) groups is 1. The van der Waals surface area contributed by atoms with Crippen LogP contribution in [0.1, 0.15) is 50.0 Å². The van der Waals surface area contributed by atoms with E-state index >= 15 is 0 Å². The van der Waals surface area contributed by atoms with Gasteiger partial charge in [0.2, 0.25) is 0 Å². The van der Waals surface area contributed by atoms with Gasteiger partial charge in [-0.25, -0.2) is 4.98 Å². The number of H-pyrrole nitrogens is 1. The molecule has 0 unspecified atom stereocenters. The third-order valence-electron chi connectivity index (χ3n) is 3.28. The Morgan fingerprint density at radius 3 is 2.95 bits per heavy atom. The second-order valence-corrected chi connectivity index (χ2v) is 6.38. The van der Waals surface area contributed by atoms with E-state index in [2.05, 4.69) is 28.9 Å². The summed E-state index contributed by atoms with van der Waals surface area (Å²) >= 11 is 1.53. The van der Waals surface area contributed by atoms with Crippen LogP contribution in [-0.2, 0) is 5.75 Å². The van der Waals surface area contributed by atoms with E-state index in [-0.39, 0.29) is 5.56 Å². The Hall–Kier alpha value is -1.56. The third-order valence-corrected chi connectivity index (χ3v) is 4.19. The zero-order valence-corrected chi connectivity index (χ0v) is 12.5. The topological polar surface area (TPSA) is 63.6 Å². The molecule has 0 atom stereocenters. The lowest BCUT2D eigenvalue weighted by Gasteiger charge is -2.04. The predicted molar refractivity (Wildman–Crippen MR) is 79.0 cm³/mol. The largest absolute Gasteiger partial charge is 0.301 e. The molecule has 2 aromatic rings. The monoisotopic (exact) mass is 290 g/mol. The molecule has 5 nitrogen and oxygen atoms in total. The summed E-state index contributed by atoms with van der Waals surface area (Å²) in [5, 5.41) is 5.19. The van der Waals surface area contributed by atoms with Gasteiger partial charge in [-0.2, -0.15) is 5.10 Å². The minimum absolute atomic E-state index is 0.0582.